The van der Waals surface area contributed by atoms with E-state index in [1.807, 2.05) is 12.1 Å². The van der Waals surface area contributed by atoms with Crippen LogP contribution in [0.15, 0.2) is 42.5 Å². The van der Waals surface area contributed by atoms with Gasteiger partial charge in [-0.1, -0.05) is 36.6 Å². The fourth-order valence-electron chi connectivity index (χ4n) is 4.92. The average molecular weight is 501 g/mol. The summed E-state index contributed by atoms with van der Waals surface area (Å²) in [5.41, 5.74) is 1.12. The molecule has 2 aliphatic rings. The predicted octanol–water partition coefficient (Wildman–Crippen LogP) is 4.78. The number of nitrogens with one attached hydrogen (secondary N) is 1. The molecule has 2 fully saturated rings. The molecule has 7 nitrogen and oxygen atoms in total. The lowest BCUT2D eigenvalue weighted by molar-refractivity contribution is -0.127. The summed E-state index contributed by atoms with van der Waals surface area (Å²) in [5.74, 6) is 0.519. The summed E-state index contributed by atoms with van der Waals surface area (Å²) < 4.78 is 16.6. The third kappa shape index (κ3) is 6.08. The van der Waals surface area contributed by atoms with Gasteiger partial charge in [-0.15, -0.1) is 0 Å². The topological polar surface area (TPSA) is 77.1 Å². The molecule has 1 aliphatic carbocycles. The van der Waals surface area contributed by atoms with Crippen molar-refractivity contribution in [2.24, 2.45) is 0 Å². The van der Waals surface area contributed by atoms with Gasteiger partial charge in [0.15, 0.2) is 11.5 Å². The van der Waals surface area contributed by atoms with Crippen molar-refractivity contribution in [2.45, 2.75) is 56.7 Å². The van der Waals surface area contributed by atoms with Gasteiger partial charge in [0.25, 0.3) is 5.91 Å². The second kappa shape index (κ2) is 11.8. The monoisotopic (exact) mass is 500 g/mol. The number of ether oxygens (including phenoxy) is 3. The summed E-state index contributed by atoms with van der Waals surface area (Å²) in [4.78, 5) is 29.4. The Labute approximate surface area is 211 Å². The molecule has 0 radical (unpaired) electrons. The van der Waals surface area contributed by atoms with Gasteiger partial charge in [0.2, 0.25) is 5.91 Å². The van der Waals surface area contributed by atoms with E-state index in [1.54, 1.807) is 42.3 Å². The van der Waals surface area contributed by atoms with Crippen LogP contribution in [-0.4, -0.2) is 56.2 Å². The van der Waals surface area contributed by atoms with E-state index in [1.165, 1.54) is 7.11 Å². The minimum atomic E-state index is -0.822. The lowest BCUT2D eigenvalue weighted by Gasteiger charge is -2.34. The molecule has 8 heteroatoms. The number of rotatable bonds is 9. The van der Waals surface area contributed by atoms with E-state index in [0.29, 0.717) is 40.8 Å². The number of carbonyl (C=O) groups is 2. The van der Waals surface area contributed by atoms with Gasteiger partial charge >= 0.3 is 0 Å². The largest absolute Gasteiger partial charge is 0.493 e. The van der Waals surface area contributed by atoms with E-state index in [4.69, 9.17) is 25.8 Å². The summed E-state index contributed by atoms with van der Waals surface area (Å²) in [5, 5.41) is 3.76. The molecule has 2 aromatic carbocycles. The Hall–Kier alpha value is -2.77. The van der Waals surface area contributed by atoms with Gasteiger partial charge in [-0.3, -0.25) is 9.59 Å². The molecule has 1 aliphatic heterocycles. The summed E-state index contributed by atoms with van der Waals surface area (Å²) in [6.45, 7) is 0.960. The van der Waals surface area contributed by atoms with Crippen LogP contribution in [0.25, 0.3) is 0 Å². The zero-order chi connectivity index (χ0) is 24.8. The van der Waals surface area contributed by atoms with Crippen molar-refractivity contribution in [1.82, 2.24) is 10.2 Å². The molecular formula is C27H33ClN2O5. The Morgan fingerprint density at radius 3 is 2.37 bits per heavy atom. The number of methoxy groups -OCH3 is 2. The number of carbonyl (C=O) groups excluding carboxylic acids is 2. The Bertz CT molecular complexity index is 1020. The van der Waals surface area contributed by atoms with Crippen LogP contribution in [0.5, 0.6) is 11.5 Å². The molecule has 1 heterocycles. The normalized spacial score (nSPS) is 18.8. The van der Waals surface area contributed by atoms with Crippen LogP contribution in [0.4, 0.5) is 0 Å². The maximum absolute atomic E-state index is 14.0. The lowest BCUT2D eigenvalue weighted by Crippen LogP contribution is -2.48. The molecule has 35 heavy (non-hydrogen) atoms. The molecule has 0 unspecified atom stereocenters. The summed E-state index contributed by atoms with van der Waals surface area (Å²) in [7, 11) is 3.08. The minimum absolute atomic E-state index is 0.123. The highest BCUT2D eigenvalue weighted by molar-refractivity contribution is 6.30. The van der Waals surface area contributed by atoms with E-state index < -0.39 is 6.04 Å². The van der Waals surface area contributed by atoms with Gasteiger partial charge < -0.3 is 24.4 Å². The molecule has 1 N–H and O–H groups in total. The second-order valence-corrected chi connectivity index (χ2v) is 9.54. The first-order valence-corrected chi connectivity index (χ1v) is 12.6. The fourth-order valence-corrected chi connectivity index (χ4v) is 5.04. The van der Waals surface area contributed by atoms with Gasteiger partial charge in [-0.25, -0.2) is 0 Å². The van der Waals surface area contributed by atoms with E-state index in [-0.39, 0.29) is 24.0 Å². The molecule has 2 amide bonds. The molecule has 188 valence electrons. The van der Waals surface area contributed by atoms with E-state index >= 15 is 0 Å². The third-order valence-electron chi connectivity index (χ3n) is 6.76. The van der Waals surface area contributed by atoms with Crippen molar-refractivity contribution < 1.29 is 23.8 Å². The SMILES string of the molecule is COc1ccc(C(=O)N(C[C@H]2CCCO2)[C@H](C(=O)NC2CCCC2)c2ccc(Cl)cc2)cc1OC. The molecule has 0 spiro atoms. The first-order valence-electron chi connectivity index (χ1n) is 12.2. The molecule has 2 atom stereocenters. The van der Waals surface area contributed by atoms with Crippen molar-refractivity contribution in [1.29, 1.82) is 0 Å². The summed E-state index contributed by atoms with van der Waals surface area (Å²) in [6, 6.07) is 11.5. The summed E-state index contributed by atoms with van der Waals surface area (Å²) >= 11 is 6.14. The summed E-state index contributed by atoms with van der Waals surface area (Å²) in [6.07, 6.45) is 5.74. The van der Waals surface area contributed by atoms with Gasteiger partial charge in [-0.2, -0.15) is 0 Å². The zero-order valence-corrected chi connectivity index (χ0v) is 21.1. The van der Waals surface area contributed by atoms with Gasteiger partial charge in [0.1, 0.15) is 6.04 Å². The fraction of sp³-hybridized carbons (Fsp3) is 0.481. The molecular weight excluding hydrogens is 468 g/mol. The number of halogens is 1. The standard InChI is InChI=1S/C27H33ClN2O5/c1-33-23-14-11-19(16-24(23)34-2)27(32)30(17-22-8-5-15-35-22)25(18-9-12-20(28)13-10-18)26(31)29-21-6-3-4-7-21/h9-14,16,21-22,25H,3-8,15,17H2,1-2H3,(H,29,31)/t22-,25+/m1/s1. The third-order valence-corrected chi connectivity index (χ3v) is 7.01. The van der Waals surface area contributed by atoms with Crippen LogP contribution in [0.3, 0.4) is 0 Å². The van der Waals surface area contributed by atoms with Crippen molar-refractivity contribution in [3.63, 3.8) is 0 Å². The highest BCUT2D eigenvalue weighted by Crippen LogP contribution is 2.32. The van der Waals surface area contributed by atoms with Gasteiger partial charge in [-0.05, 0) is 61.6 Å². The molecule has 4 rings (SSSR count). The quantitative estimate of drug-likeness (QED) is 0.536. The Morgan fingerprint density at radius 2 is 1.74 bits per heavy atom. The number of benzene rings is 2. The molecule has 1 saturated heterocycles. The molecule has 1 saturated carbocycles. The van der Waals surface area contributed by atoms with Crippen LogP contribution in [0.2, 0.25) is 5.02 Å². The first kappa shape index (κ1) is 25.3. The molecule has 2 aromatic rings. The van der Waals surface area contributed by atoms with E-state index in [9.17, 15) is 9.59 Å². The zero-order valence-electron chi connectivity index (χ0n) is 20.3. The van der Waals surface area contributed by atoms with Gasteiger partial charge in [0.05, 0.1) is 20.3 Å². The van der Waals surface area contributed by atoms with Crippen molar-refractivity contribution in [3.05, 3.63) is 58.6 Å². The molecule has 0 aromatic heterocycles. The molecule has 0 bridgehead atoms. The Morgan fingerprint density at radius 1 is 1.03 bits per heavy atom. The minimum Gasteiger partial charge on any atom is -0.493 e. The highest BCUT2D eigenvalue weighted by atomic mass is 35.5. The number of hydrogen-bond donors (Lipinski definition) is 1. The highest BCUT2D eigenvalue weighted by Gasteiger charge is 2.36. The lowest BCUT2D eigenvalue weighted by atomic mass is 10.0. The average Bonchev–Trinajstić information content (AvgIpc) is 3.58. The van der Waals surface area contributed by atoms with Crippen molar-refractivity contribution in [2.75, 3.05) is 27.4 Å². The van der Waals surface area contributed by atoms with Crippen molar-refractivity contribution in [3.8, 4) is 11.5 Å². The van der Waals surface area contributed by atoms with E-state index in [2.05, 4.69) is 5.32 Å². The number of nitrogens with zero attached hydrogens (tertiary/aromatic N) is 1. The van der Waals surface area contributed by atoms with E-state index in [0.717, 1.165) is 38.5 Å². The Balaban J connectivity index is 1.72. The predicted molar refractivity (Wildman–Crippen MR) is 134 cm³/mol. The van der Waals surface area contributed by atoms with Crippen LogP contribution < -0.4 is 14.8 Å². The number of amides is 2. The first-order chi connectivity index (χ1) is 17.0. The van der Waals surface area contributed by atoms with Gasteiger partial charge in [0, 0.05) is 29.8 Å². The van der Waals surface area contributed by atoms with Crippen LogP contribution in [0, 0.1) is 0 Å². The maximum Gasteiger partial charge on any atom is 0.255 e. The van der Waals surface area contributed by atoms with Crippen LogP contribution in [0.1, 0.15) is 60.5 Å². The van der Waals surface area contributed by atoms with Crippen LogP contribution in [-0.2, 0) is 9.53 Å². The maximum atomic E-state index is 14.0. The number of hydrogen-bond acceptors (Lipinski definition) is 5. The van der Waals surface area contributed by atoms with Crippen molar-refractivity contribution >= 4 is 23.4 Å². The van der Waals surface area contributed by atoms with Crippen LogP contribution >= 0.6 is 11.6 Å². The Kier molecular flexibility index (Phi) is 8.52. The smallest absolute Gasteiger partial charge is 0.255 e. The second-order valence-electron chi connectivity index (χ2n) is 9.11.